The van der Waals surface area contributed by atoms with Crippen LogP contribution in [0.2, 0.25) is 0 Å². The zero-order valence-electron chi connectivity index (χ0n) is 16.2. The molecule has 2 atom stereocenters. The predicted molar refractivity (Wildman–Crippen MR) is 104 cm³/mol. The Morgan fingerprint density at radius 2 is 1.77 bits per heavy atom. The third-order valence-corrected chi connectivity index (χ3v) is 5.97. The van der Waals surface area contributed by atoms with Crippen molar-refractivity contribution in [3.8, 4) is 6.07 Å². The highest BCUT2D eigenvalue weighted by molar-refractivity contribution is 5.99. The second-order valence-corrected chi connectivity index (χ2v) is 7.91. The fourth-order valence-electron chi connectivity index (χ4n) is 4.54. The number of ketones is 1. The van der Waals surface area contributed by atoms with Gasteiger partial charge in [0, 0.05) is 30.1 Å². The molecule has 0 spiro atoms. The molecule has 2 bridgehead atoms. The number of nitriles is 1. The van der Waals surface area contributed by atoms with Gasteiger partial charge in [-0.1, -0.05) is 30.3 Å². The molecule has 2 aliphatic rings. The summed E-state index contributed by atoms with van der Waals surface area (Å²) >= 11 is 0. The molecule has 0 N–H and O–H groups in total. The normalized spacial score (nSPS) is 24.3. The number of morpholine rings is 1. The molecule has 0 amide bonds. The number of benzene rings is 2. The Bertz CT molecular complexity index is 955. The van der Waals surface area contributed by atoms with Crippen LogP contribution in [0, 0.1) is 17.2 Å². The van der Waals surface area contributed by atoms with E-state index in [-0.39, 0.29) is 23.2 Å². The molecule has 2 fully saturated rings. The molecule has 0 aliphatic carbocycles. The van der Waals surface area contributed by atoms with Crippen molar-refractivity contribution in [3.05, 3.63) is 70.8 Å². The van der Waals surface area contributed by atoms with Crippen LogP contribution in [-0.4, -0.2) is 36.0 Å². The quantitative estimate of drug-likeness (QED) is 0.694. The summed E-state index contributed by atoms with van der Waals surface area (Å²) in [7, 11) is 0. The van der Waals surface area contributed by atoms with E-state index < -0.39 is 23.4 Å². The van der Waals surface area contributed by atoms with Crippen LogP contribution >= 0.6 is 0 Å². The molecule has 2 unspecified atom stereocenters. The average Bonchev–Trinajstić information content (AvgIpc) is 2.72. The monoisotopic (exact) mass is 414 g/mol. The first-order valence-electron chi connectivity index (χ1n) is 9.90. The molecule has 4 rings (SSSR count). The van der Waals surface area contributed by atoms with Crippen molar-refractivity contribution in [2.75, 3.05) is 13.2 Å². The summed E-state index contributed by atoms with van der Waals surface area (Å²) in [5.74, 6) is -0.993. The molecule has 0 saturated carbocycles. The zero-order valence-corrected chi connectivity index (χ0v) is 16.2. The molecule has 2 aliphatic heterocycles. The van der Waals surface area contributed by atoms with Gasteiger partial charge in [-0.2, -0.15) is 18.4 Å². The number of halogens is 3. The molecule has 0 aromatic heterocycles. The Morgan fingerprint density at radius 1 is 1.10 bits per heavy atom. The van der Waals surface area contributed by atoms with E-state index in [0.29, 0.717) is 26.1 Å². The number of piperidine rings is 1. The van der Waals surface area contributed by atoms with Crippen molar-refractivity contribution in [1.82, 2.24) is 4.90 Å². The minimum atomic E-state index is -4.69. The highest BCUT2D eigenvalue weighted by Gasteiger charge is 2.43. The minimum Gasteiger partial charge on any atom is -0.378 e. The van der Waals surface area contributed by atoms with Crippen molar-refractivity contribution in [1.29, 1.82) is 5.26 Å². The molecule has 2 heterocycles. The maximum atomic E-state index is 13.5. The summed E-state index contributed by atoms with van der Waals surface area (Å²) in [5.41, 5.74) is -0.325. The fraction of sp³-hybridized carbons (Fsp3) is 0.391. The van der Waals surface area contributed by atoms with Gasteiger partial charge in [0.2, 0.25) is 0 Å². The number of ether oxygens (including phenoxy) is 1. The molecular formula is C23H21F3N2O2. The third kappa shape index (κ3) is 4.11. The molecule has 4 nitrogen and oxygen atoms in total. The number of hydrogen-bond donors (Lipinski definition) is 0. The van der Waals surface area contributed by atoms with Gasteiger partial charge in [0.15, 0.2) is 5.78 Å². The summed E-state index contributed by atoms with van der Waals surface area (Å²) in [6.07, 6.45) is -3.77. The van der Waals surface area contributed by atoms with Crippen LogP contribution in [-0.2, 0) is 17.5 Å². The van der Waals surface area contributed by atoms with Crippen molar-refractivity contribution < 1.29 is 22.7 Å². The standard InChI is InChI=1S/C23H21F3N2O2/c24-23(25,26)21-8-16(11-27)6-7-20(21)22(29)17-9-18-13-30-14-19(10-17)28(18)12-15-4-2-1-3-5-15/h1-8,17-19H,9-10,12-14H2. The molecule has 0 radical (unpaired) electrons. The lowest BCUT2D eigenvalue weighted by Gasteiger charge is -2.48. The maximum absolute atomic E-state index is 13.5. The van der Waals surface area contributed by atoms with Crippen LogP contribution in [0.1, 0.15) is 39.9 Å². The molecule has 7 heteroatoms. The second-order valence-electron chi connectivity index (χ2n) is 7.91. The van der Waals surface area contributed by atoms with Gasteiger partial charge in [-0.15, -0.1) is 0 Å². The van der Waals surface area contributed by atoms with E-state index in [9.17, 15) is 18.0 Å². The fourth-order valence-corrected chi connectivity index (χ4v) is 4.54. The number of carbonyl (C=O) groups excluding carboxylic acids is 1. The maximum Gasteiger partial charge on any atom is 0.417 e. The van der Waals surface area contributed by atoms with E-state index in [1.54, 1.807) is 6.07 Å². The smallest absolute Gasteiger partial charge is 0.378 e. The lowest BCUT2D eigenvalue weighted by Crippen LogP contribution is -2.57. The molecule has 2 aromatic carbocycles. The highest BCUT2D eigenvalue weighted by Crippen LogP contribution is 2.38. The summed E-state index contributed by atoms with van der Waals surface area (Å²) in [4.78, 5) is 15.4. The number of alkyl halides is 3. The van der Waals surface area contributed by atoms with Gasteiger partial charge in [0.05, 0.1) is 30.4 Å². The molecule has 156 valence electrons. The largest absolute Gasteiger partial charge is 0.417 e. The van der Waals surface area contributed by atoms with Gasteiger partial charge in [-0.25, -0.2) is 0 Å². The summed E-state index contributed by atoms with van der Waals surface area (Å²) < 4.78 is 46.3. The van der Waals surface area contributed by atoms with E-state index in [1.165, 1.54) is 6.07 Å². The van der Waals surface area contributed by atoms with Gasteiger partial charge >= 0.3 is 6.18 Å². The predicted octanol–water partition coefficient (Wildman–Crippen LogP) is 4.44. The lowest BCUT2D eigenvalue weighted by atomic mass is 9.79. The van der Waals surface area contributed by atoms with E-state index in [1.807, 2.05) is 30.3 Å². The number of hydrogen-bond acceptors (Lipinski definition) is 4. The van der Waals surface area contributed by atoms with Crippen LogP contribution in [0.3, 0.4) is 0 Å². The number of Topliss-reactive ketones (excluding diaryl/α,β-unsaturated/α-hetero) is 1. The topological polar surface area (TPSA) is 53.3 Å². The van der Waals surface area contributed by atoms with E-state index >= 15 is 0 Å². The number of carbonyl (C=O) groups is 1. The van der Waals surface area contributed by atoms with E-state index in [0.717, 1.165) is 24.2 Å². The molecule has 2 aromatic rings. The van der Waals surface area contributed by atoms with Gasteiger partial charge in [0.1, 0.15) is 0 Å². The first-order valence-corrected chi connectivity index (χ1v) is 9.90. The minimum absolute atomic E-state index is 0.0145. The Kier molecular flexibility index (Phi) is 5.63. The number of rotatable bonds is 4. The Balaban J connectivity index is 1.57. The Morgan fingerprint density at radius 3 is 2.37 bits per heavy atom. The van der Waals surface area contributed by atoms with Crippen LogP contribution < -0.4 is 0 Å². The molecular weight excluding hydrogens is 393 g/mol. The van der Waals surface area contributed by atoms with Gasteiger partial charge in [0.25, 0.3) is 0 Å². The second kappa shape index (κ2) is 8.21. The number of fused-ring (bicyclic) bond motifs is 2. The first kappa shape index (κ1) is 20.6. The summed E-state index contributed by atoms with van der Waals surface area (Å²) in [5, 5.41) is 8.94. The van der Waals surface area contributed by atoms with Gasteiger partial charge < -0.3 is 4.74 Å². The zero-order chi connectivity index (χ0) is 21.3. The van der Waals surface area contributed by atoms with E-state index in [4.69, 9.17) is 10.00 Å². The molecule has 30 heavy (non-hydrogen) atoms. The van der Waals surface area contributed by atoms with Crippen molar-refractivity contribution in [2.45, 2.75) is 37.6 Å². The third-order valence-electron chi connectivity index (χ3n) is 5.97. The average molecular weight is 414 g/mol. The first-order chi connectivity index (χ1) is 14.4. The van der Waals surface area contributed by atoms with E-state index in [2.05, 4.69) is 4.90 Å². The molecule has 2 saturated heterocycles. The van der Waals surface area contributed by atoms with Crippen LogP contribution in [0.25, 0.3) is 0 Å². The van der Waals surface area contributed by atoms with Crippen LogP contribution in [0.4, 0.5) is 13.2 Å². The SMILES string of the molecule is N#Cc1ccc(C(=O)C2CC3COCC(C2)N3Cc2ccccc2)c(C(F)(F)F)c1. The van der Waals surface area contributed by atoms with Crippen molar-refractivity contribution >= 4 is 5.78 Å². The Hall–Kier alpha value is -2.69. The highest BCUT2D eigenvalue weighted by atomic mass is 19.4. The lowest BCUT2D eigenvalue weighted by molar-refractivity contribution is -0.138. The van der Waals surface area contributed by atoms with Gasteiger partial charge in [-0.3, -0.25) is 9.69 Å². The van der Waals surface area contributed by atoms with Crippen LogP contribution in [0.5, 0.6) is 0 Å². The Labute approximate surface area is 172 Å². The summed E-state index contributed by atoms with van der Waals surface area (Å²) in [6.45, 7) is 1.66. The van der Waals surface area contributed by atoms with Crippen LogP contribution in [0.15, 0.2) is 48.5 Å². The number of nitrogens with zero attached hydrogens (tertiary/aromatic N) is 2. The van der Waals surface area contributed by atoms with Crippen molar-refractivity contribution in [3.63, 3.8) is 0 Å². The van der Waals surface area contributed by atoms with Gasteiger partial charge in [-0.05, 0) is 36.6 Å². The van der Waals surface area contributed by atoms with Crippen molar-refractivity contribution in [2.24, 2.45) is 5.92 Å². The summed E-state index contributed by atoms with van der Waals surface area (Å²) in [6, 6.07) is 14.9.